The standard InChI is InChI=1S/C11H15N3O3S2/c1-18-5-4-9-11(15)14-10-6-7(19(12,16)17)2-3-8(10)13-9/h2-3,6,9,13H,4-5H2,1H3,(H,14,15)(H2,12,16,17). The van der Waals surface area contributed by atoms with Crippen LogP contribution in [-0.2, 0) is 14.8 Å². The van der Waals surface area contributed by atoms with Gasteiger partial charge in [-0.2, -0.15) is 11.8 Å². The van der Waals surface area contributed by atoms with Crippen molar-refractivity contribution in [3.63, 3.8) is 0 Å². The lowest BCUT2D eigenvalue weighted by Gasteiger charge is -2.26. The number of carbonyl (C=O) groups is 1. The van der Waals surface area contributed by atoms with Crippen molar-refractivity contribution in [1.82, 2.24) is 0 Å². The average molecular weight is 301 g/mol. The third kappa shape index (κ3) is 3.20. The summed E-state index contributed by atoms with van der Waals surface area (Å²) in [6.07, 6.45) is 2.69. The Bertz CT molecular complexity index is 601. The number of hydrogen-bond donors (Lipinski definition) is 3. The first-order chi connectivity index (χ1) is 8.91. The second-order valence-electron chi connectivity index (χ2n) is 4.22. The van der Waals surface area contributed by atoms with Crippen molar-refractivity contribution in [3.05, 3.63) is 18.2 Å². The number of amides is 1. The van der Waals surface area contributed by atoms with Gasteiger partial charge in [0.05, 0.1) is 16.3 Å². The van der Waals surface area contributed by atoms with Crippen LogP contribution in [0.15, 0.2) is 23.1 Å². The Labute approximate surface area is 116 Å². The van der Waals surface area contributed by atoms with Gasteiger partial charge in [-0.3, -0.25) is 4.79 Å². The zero-order valence-corrected chi connectivity index (χ0v) is 12.0. The molecule has 104 valence electrons. The molecule has 0 saturated heterocycles. The van der Waals surface area contributed by atoms with E-state index in [1.807, 2.05) is 6.26 Å². The predicted octanol–water partition coefficient (Wildman–Crippen LogP) is 0.820. The maximum absolute atomic E-state index is 11.9. The molecule has 6 nitrogen and oxygen atoms in total. The molecule has 0 spiro atoms. The number of nitrogens with one attached hydrogen (secondary N) is 2. The van der Waals surface area contributed by atoms with Crippen LogP contribution in [0.3, 0.4) is 0 Å². The van der Waals surface area contributed by atoms with E-state index in [0.717, 1.165) is 5.75 Å². The van der Waals surface area contributed by atoms with Crippen molar-refractivity contribution < 1.29 is 13.2 Å². The molecule has 0 radical (unpaired) electrons. The van der Waals surface area contributed by atoms with Crippen LogP contribution in [0.2, 0.25) is 0 Å². The number of rotatable bonds is 4. The summed E-state index contributed by atoms with van der Waals surface area (Å²) in [5.74, 6) is 0.712. The van der Waals surface area contributed by atoms with Gasteiger partial charge in [0.1, 0.15) is 6.04 Å². The summed E-state index contributed by atoms with van der Waals surface area (Å²) in [6, 6.07) is 4.10. The number of nitrogens with two attached hydrogens (primary N) is 1. The third-order valence-corrected chi connectivity index (χ3v) is 4.39. The summed E-state index contributed by atoms with van der Waals surface area (Å²) in [4.78, 5) is 11.8. The Balaban J connectivity index is 2.26. The Morgan fingerprint density at radius 1 is 1.37 bits per heavy atom. The molecule has 1 heterocycles. The summed E-state index contributed by atoms with van der Waals surface area (Å²) >= 11 is 1.67. The SMILES string of the molecule is CSCCC1Nc2ccc(S(N)(=O)=O)cc2NC1=O. The number of primary sulfonamides is 1. The molecular formula is C11H15N3O3S2. The lowest BCUT2D eigenvalue weighted by Crippen LogP contribution is -2.39. The molecule has 0 bridgehead atoms. The fourth-order valence-electron chi connectivity index (χ4n) is 1.84. The number of hydrogen-bond acceptors (Lipinski definition) is 5. The summed E-state index contributed by atoms with van der Waals surface area (Å²) in [7, 11) is -3.76. The van der Waals surface area contributed by atoms with Gasteiger partial charge in [0.15, 0.2) is 0 Å². The van der Waals surface area contributed by atoms with Gasteiger partial charge in [0.2, 0.25) is 15.9 Å². The minimum atomic E-state index is -3.76. The molecule has 0 aromatic heterocycles. The molecule has 4 N–H and O–H groups in total. The topological polar surface area (TPSA) is 101 Å². The van der Waals surface area contributed by atoms with Crippen molar-refractivity contribution in [1.29, 1.82) is 0 Å². The number of sulfonamides is 1. The van der Waals surface area contributed by atoms with Crippen LogP contribution < -0.4 is 15.8 Å². The van der Waals surface area contributed by atoms with Crippen LogP contribution >= 0.6 is 11.8 Å². The van der Waals surface area contributed by atoms with Crippen molar-refractivity contribution >= 4 is 39.1 Å². The Hall–Kier alpha value is -1.25. The van der Waals surface area contributed by atoms with E-state index in [1.54, 1.807) is 17.8 Å². The van der Waals surface area contributed by atoms with Crippen LogP contribution in [0.25, 0.3) is 0 Å². The normalized spacial score (nSPS) is 18.4. The highest BCUT2D eigenvalue weighted by molar-refractivity contribution is 7.98. The van der Waals surface area contributed by atoms with E-state index in [1.165, 1.54) is 12.1 Å². The Kier molecular flexibility index (Phi) is 4.02. The van der Waals surface area contributed by atoms with Crippen LogP contribution in [0.4, 0.5) is 11.4 Å². The molecule has 1 aliphatic heterocycles. The number of anilines is 2. The van der Waals surface area contributed by atoms with E-state index in [2.05, 4.69) is 10.6 Å². The van der Waals surface area contributed by atoms with Crippen LogP contribution in [0.1, 0.15) is 6.42 Å². The largest absolute Gasteiger partial charge is 0.372 e. The molecule has 1 amide bonds. The van der Waals surface area contributed by atoms with Crippen LogP contribution in [0, 0.1) is 0 Å². The lowest BCUT2D eigenvalue weighted by atomic mass is 10.1. The summed E-state index contributed by atoms with van der Waals surface area (Å²) < 4.78 is 22.5. The van der Waals surface area contributed by atoms with Crippen LogP contribution in [0.5, 0.6) is 0 Å². The van der Waals surface area contributed by atoms with Gasteiger partial charge >= 0.3 is 0 Å². The summed E-state index contributed by atoms with van der Waals surface area (Å²) in [5, 5.41) is 10.9. The van der Waals surface area contributed by atoms with E-state index in [-0.39, 0.29) is 16.8 Å². The van der Waals surface area contributed by atoms with Gasteiger partial charge in [-0.05, 0) is 36.6 Å². The van der Waals surface area contributed by atoms with Gasteiger partial charge in [-0.1, -0.05) is 0 Å². The molecule has 0 fully saturated rings. The highest BCUT2D eigenvalue weighted by Crippen LogP contribution is 2.29. The van der Waals surface area contributed by atoms with Crippen molar-refractivity contribution in [2.75, 3.05) is 22.6 Å². The first-order valence-electron chi connectivity index (χ1n) is 5.65. The van der Waals surface area contributed by atoms with E-state index in [0.29, 0.717) is 17.8 Å². The molecule has 1 aromatic rings. The molecule has 1 aliphatic rings. The molecular weight excluding hydrogens is 286 g/mol. The zero-order valence-electron chi connectivity index (χ0n) is 10.3. The summed E-state index contributed by atoms with van der Waals surface area (Å²) in [6.45, 7) is 0. The molecule has 19 heavy (non-hydrogen) atoms. The number of carbonyl (C=O) groups excluding carboxylic acids is 1. The van der Waals surface area contributed by atoms with Crippen molar-refractivity contribution in [2.45, 2.75) is 17.4 Å². The second-order valence-corrected chi connectivity index (χ2v) is 6.77. The van der Waals surface area contributed by atoms with E-state index >= 15 is 0 Å². The highest BCUT2D eigenvalue weighted by atomic mass is 32.2. The maximum atomic E-state index is 11.9. The van der Waals surface area contributed by atoms with E-state index in [4.69, 9.17) is 5.14 Å². The van der Waals surface area contributed by atoms with Crippen molar-refractivity contribution in [3.8, 4) is 0 Å². The highest BCUT2D eigenvalue weighted by Gasteiger charge is 2.25. The number of benzene rings is 1. The molecule has 8 heteroatoms. The molecule has 1 atom stereocenters. The van der Waals surface area contributed by atoms with E-state index in [9.17, 15) is 13.2 Å². The smallest absolute Gasteiger partial charge is 0.246 e. The molecule has 1 aromatic carbocycles. The van der Waals surface area contributed by atoms with Crippen LogP contribution in [-0.4, -0.2) is 32.4 Å². The van der Waals surface area contributed by atoms with Crippen molar-refractivity contribution in [2.24, 2.45) is 5.14 Å². The van der Waals surface area contributed by atoms with Gasteiger partial charge in [-0.25, -0.2) is 13.6 Å². The minimum absolute atomic E-state index is 0.0177. The maximum Gasteiger partial charge on any atom is 0.246 e. The monoisotopic (exact) mass is 301 g/mol. The quantitative estimate of drug-likeness (QED) is 0.764. The second kappa shape index (κ2) is 5.40. The van der Waals surface area contributed by atoms with Gasteiger partial charge < -0.3 is 10.6 Å². The Morgan fingerprint density at radius 3 is 2.74 bits per heavy atom. The predicted molar refractivity (Wildman–Crippen MR) is 76.9 cm³/mol. The minimum Gasteiger partial charge on any atom is -0.372 e. The number of thioether (sulfide) groups is 1. The first-order valence-corrected chi connectivity index (χ1v) is 8.59. The fourth-order valence-corrected chi connectivity index (χ4v) is 2.85. The fraction of sp³-hybridized carbons (Fsp3) is 0.364. The molecule has 0 saturated carbocycles. The van der Waals surface area contributed by atoms with Gasteiger partial charge in [0.25, 0.3) is 0 Å². The third-order valence-electron chi connectivity index (χ3n) is 2.83. The molecule has 2 rings (SSSR count). The zero-order chi connectivity index (χ0) is 14.0. The molecule has 1 unspecified atom stereocenters. The molecule has 0 aliphatic carbocycles. The van der Waals surface area contributed by atoms with Gasteiger partial charge in [0, 0.05) is 0 Å². The van der Waals surface area contributed by atoms with Gasteiger partial charge in [-0.15, -0.1) is 0 Å². The summed E-state index contributed by atoms with van der Waals surface area (Å²) in [5.41, 5.74) is 1.15. The number of fused-ring (bicyclic) bond motifs is 1. The lowest BCUT2D eigenvalue weighted by molar-refractivity contribution is -0.117. The first kappa shape index (κ1) is 14.2. The average Bonchev–Trinajstić information content (AvgIpc) is 2.34. The van der Waals surface area contributed by atoms with E-state index < -0.39 is 10.0 Å². The Morgan fingerprint density at radius 2 is 2.11 bits per heavy atom.